The van der Waals surface area contributed by atoms with Gasteiger partial charge in [0.05, 0.1) is 12.8 Å². The number of nitrogens with one attached hydrogen (secondary N) is 1. The van der Waals surface area contributed by atoms with Crippen molar-refractivity contribution >= 4 is 0 Å². The molecule has 0 aliphatic heterocycles. The van der Waals surface area contributed by atoms with Crippen LogP contribution in [0.15, 0.2) is 16.7 Å². The molecule has 0 radical (unpaired) electrons. The third-order valence-electron chi connectivity index (χ3n) is 2.81. The van der Waals surface area contributed by atoms with Crippen molar-refractivity contribution in [3.63, 3.8) is 0 Å². The van der Waals surface area contributed by atoms with Gasteiger partial charge in [0.15, 0.2) is 0 Å². The van der Waals surface area contributed by atoms with Crippen molar-refractivity contribution in [1.82, 2.24) is 10.2 Å². The van der Waals surface area contributed by atoms with E-state index in [4.69, 9.17) is 4.42 Å². The van der Waals surface area contributed by atoms with Crippen LogP contribution in [0.3, 0.4) is 0 Å². The lowest BCUT2D eigenvalue weighted by Gasteiger charge is -2.20. The van der Waals surface area contributed by atoms with Gasteiger partial charge in [-0.3, -0.25) is 4.90 Å². The lowest BCUT2D eigenvalue weighted by molar-refractivity contribution is 0.242. The third-order valence-corrected chi connectivity index (χ3v) is 2.81. The molecule has 0 amide bonds. The van der Waals surface area contributed by atoms with Crippen molar-refractivity contribution in [1.29, 1.82) is 0 Å². The molecule has 1 N–H and O–H groups in total. The molecule has 0 aromatic carbocycles. The zero-order chi connectivity index (χ0) is 12.1. The molecule has 0 bridgehead atoms. The lowest BCUT2D eigenvalue weighted by Crippen LogP contribution is -2.27. The molecule has 1 aromatic heterocycles. The Kier molecular flexibility index (Phi) is 5.03. The molecule has 0 spiro atoms. The van der Waals surface area contributed by atoms with Gasteiger partial charge in [-0.15, -0.1) is 0 Å². The van der Waals surface area contributed by atoms with E-state index in [-0.39, 0.29) is 0 Å². The fourth-order valence-corrected chi connectivity index (χ4v) is 1.39. The van der Waals surface area contributed by atoms with E-state index in [1.54, 1.807) is 6.26 Å². The van der Waals surface area contributed by atoms with Crippen LogP contribution in [0.5, 0.6) is 0 Å². The summed E-state index contributed by atoms with van der Waals surface area (Å²) in [5, 5.41) is 3.41. The molecule has 0 aliphatic carbocycles. The second-order valence-electron chi connectivity index (χ2n) is 4.91. The van der Waals surface area contributed by atoms with E-state index in [2.05, 4.69) is 51.0 Å². The highest BCUT2D eigenvalue weighted by atomic mass is 16.3. The number of nitrogens with zero attached hydrogens (tertiary/aromatic N) is 1. The average Bonchev–Trinajstić information content (AvgIpc) is 2.62. The van der Waals surface area contributed by atoms with Gasteiger partial charge < -0.3 is 9.73 Å². The molecule has 0 unspecified atom stereocenters. The first kappa shape index (κ1) is 13.3. The first-order chi connectivity index (χ1) is 7.50. The van der Waals surface area contributed by atoms with Gasteiger partial charge in [-0.25, -0.2) is 0 Å². The van der Waals surface area contributed by atoms with E-state index in [0.29, 0.717) is 12.1 Å². The van der Waals surface area contributed by atoms with Crippen molar-refractivity contribution in [2.45, 2.75) is 52.9 Å². The van der Waals surface area contributed by atoms with Crippen LogP contribution >= 0.6 is 0 Å². The highest BCUT2D eigenvalue weighted by Crippen LogP contribution is 2.14. The van der Waals surface area contributed by atoms with Gasteiger partial charge in [0, 0.05) is 24.2 Å². The van der Waals surface area contributed by atoms with E-state index >= 15 is 0 Å². The van der Waals surface area contributed by atoms with Crippen LogP contribution in [0.1, 0.15) is 39.0 Å². The topological polar surface area (TPSA) is 28.4 Å². The SMILES string of the molecule is CC(C)NCc1ccoc1CN(C)C(C)C. The van der Waals surface area contributed by atoms with Gasteiger partial charge in [0.2, 0.25) is 0 Å². The Balaban J connectivity index is 2.56. The fraction of sp³-hybridized carbons (Fsp3) is 0.692. The summed E-state index contributed by atoms with van der Waals surface area (Å²) in [6.45, 7) is 10.4. The second kappa shape index (κ2) is 6.06. The van der Waals surface area contributed by atoms with Crippen LogP contribution in [0.2, 0.25) is 0 Å². The molecule has 16 heavy (non-hydrogen) atoms. The highest BCUT2D eigenvalue weighted by Gasteiger charge is 2.11. The molecular formula is C13H24N2O. The Labute approximate surface area is 98.8 Å². The number of furan rings is 1. The number of hydrogen-bond donors (Lipinski definition) is 1. The van der Waals surface area contributed by atoms with Crippen molar-refractivity contribution in [3.8, 4) is 0 Å². The molecule has 92 valence electrons. The van der Waals surface area contributed by atoms with Crippen LogP contribution < -0.4 is 5.32 Å². The quantitative estimate of drug-likeness (QED) is 0.805. The molecule has 1 aromatic rings. The van der Waals surface area contributed by atoms with E-state index < -0.39 is 0 Å². The predicted octanol–water partition coefficient (Wildman–Crippen LogP) is 2.62. The molecule has 0 aliphatic rings. The van der Waals surface area contributed by atoms with Gasteiger partial charge in [-0.2, -0.15) is 0 Å². The molecule has 0 fully saturated rings. The van der Waals surface area contributed by atoms with E-state index in [0.717, 1.165) is 18.8 Å². The third kappa shape index (κ3) is 3.99. The van der Waals surface area contributed by atoms with Crippen LogP contribution in [0, 0.1) is 0 Å². The van der Waals surface area contributed by atoms with Crippen LogP contribution in [-0.4, -0.2) is 24.0 Å². The smallest absolute Gasteiger partial charge is 0.122 e. The molecule has 1 heterocycles. The monoisotopic (exact) mass is 224 g/mol. The zero-order valence-electron chi connectivity index (χ0n) is 11.1. The van der Waals surface area contributed by atoms with E-state index in [1.807, 2.05) is 0 Å². The standard InChI is InChI=1S/C13H24N2O/c1-10(2)14-8-12-6-7-16-13(12)9-15(5)11(3)4/h6-7,10-11,14H,8-9H2,1-5H3. The Morgan fingerprint density at radius 2 is 2.00 bits per heavy atom. The van der Waals surface area contributed by atoms with Gasteiger partial charge in [0.25, 0.3) is 0 Å². The summed E-state index contributed by atoms with van der Waals surface area (Å²) < 4.78 is 5.54. The minimum Gasteiger partial charge on any atom is -0.468 e. The summed E-state index contributed by atoms with van der Waals surface area (Å²) in [6.07, 6.45) is 1.78. The molecule has 0 atom stereocenters. The first-order valence-electron chi connectivity index (χ1n) is 5.99. The largest absolute Gasteiger partial charge is 0.468 e. The number of hydrogen-bond acceptors (Lipinski definition) is 3. The van der Waals surface area contributed by atoms with Gasteiger partial charge >= 0.3 is 0 Å². The Morgan fingerprint density at radius 1 is 1.31 bits per heavy atom. The summed E-state index contributed by atoms with van der Waals surface area (Å²) in [6, 6.07) is 3.10. The molecule has 0 saturated carbocycles. The summed E-state index contributed by atoms with van der Waals surface area (Å²) >= 11 is 0. The van der Waals surface area contributed by atoms with Crippen LogP contribution in [-0.2, 0) is 13.1 Å². The van der Waals surface area contributed by atoms with Crippen molar-refractivity contribution in [3.05, 3.63) is 23.7 Å². The lowest BCUT2D eigenvalue weighted by atomic mass is 10.2. The number of rotatable bonds is 6. The molecular weight excluding hydrogens is 200 g/mol. The highest BCUT2D eigenvalue weighted by molar-refractivity contribution is 5.16. The minimum absolute atomic E-state index is 0.505. The van der Waals surface area contributed by atoms with E-state index in [1.165, 1.54) is 5.56 Å². The van der Waals surface area contributed by atoms with Gasteiger partial charge in [-0.1, -0.05) is 13.8 Å². The Bertz CT molecular complexity index is 305. The maximum Gasteiger partial charge on any atom is 0.122 e. The molecule has 1 rings (SSSR count). The minimum atomic E-state index is 0.505. The fourth-order valence-electron chi connectivity index (χ4n) is 1.39. The van der Waals surface area contributed by atoms with Crippen molar-refractivity contribution in [2.75, 3.05) is 7.05 Å². The Morgan fingerprint density at radius 3 is 2.56 bits per heavy atom. The molecule has 0 saturated heterocycles. The maximum absolute atomic E-state index is 5.54. The molecule has 3 heteroatoms. The summed E-state index contributed by atoms with van der Waals surface area (Å²) in [7, 11) is 2.12. The first-order valence-corrected chi connectivity index (χ1v) is 5.99. The van der Waals surface area contributed by atoms with Crippen molar-refractivity contribution < 1.29 is 4.42 Å². The van der Waals surface area contributed by atoms with E-state index in [9.17, 15) is 0 Å². The summed E-state index contributed by atoms with van der Waals surface area (Å²) in [4.78, 5) is 2.28. The van der Waals surface area contributed by atoms with Crippen LogP contribution in [0.25, 0.3) is 0 Å². The predicted molar refractivity (Wildman–Crippen MR) is 67.3 cm³/mol. The summed E-state index contributed by atoms with van der Waals surface area (Å²) in [5.74, 6) is 1.07. The maximum atomic E-state index is 5.54. The Hall–Kier alpha value is -0.800. The second-order valence-corrected chi connectivity index (χ2v) is 4.91. The molecule has 3 nitrogen and oxygen atoms in total. The average molecular weight is 224 g/mol. The zero-order valence-corrected chi connectivity index (χ0v) is 11.1. The van der Waals surface area contributed by atoms with Gasteiger partial charge in [-0.05, 0) is 27.0 Å². The van der Waals surface area contributed by atoms with Crippen molar-refractivity contribution in [2.24, 2.45) is 0 Å². The summed E-state index contributed by atoms with van der Waals surface area (Å²) in [5.41, 5.74) is 1.27. The normalized spacial score (nSPS) is 12.0. The van der Waals surface area contributed by atoms with Crippen LogP contribution in [0.4, 0.5) is 0 Å². The van der Waals surface area contributed by atoms with Gasteiger partial charge in [0.1, 0.15) is 5.76 Å².